The van der Waals surface area contributed by atoms with E-state index >= 15 is 0 Å². The summed E-state index contributed by atoms with van der Waals surface area (Å²) in [7, 11) is 0. The van der Waals surface area contributed by atoms with Crippen molar-refractivity contribution < 1.29 is 0 Å². The number of H-pyrrole nitrogens is 2. The Morgan fingerprint density at radius 2 is 1.12 bits per heavy atom. The molecule has 5 heterocycles. The molecule has 3 aromatic rings. The van der Waals surface area contributed by atoms with Crippen LogP contribution in [0.15, 0.2) is 30.3 Å². The normalized spacial score (nSPS) is 14.1. The van der Waals surface area contributed by atoms with E-state index in [0.717, 1.165) is 44.8 Å². The first-order valence-electron chi connectivity index (χ1n) is 11.7. The van der Waals surface area contributed by atoms with Crippen molar-refractivity contribution in [2.75, 3.05) is 0 Å². The second kappa shape index (κ2) is 7.58. The lowest BCUT2D eigenvalue weighted by Gasteiger charge is -2.08. The molecular formula is C29H32N4. The summed E-state index contributed by atoms with van der Waals surface area (Å²) in [5.41, 5.74) is 17.2. The van der Waals surface area contributed by atoms with Crippen molar-refractivity contribution in [2.24, 2.45) is 5.92 Å². The number of aryl methyl sites for hydroxylation is 3. The summed E-state index contributed by atoms with van der Waals surface area (Å²) in [6, 6.07) is 10.9. The number of nitrogens with one attached hydrogen (secondary N) is 2. The van der Waals surface area contributed by atoms with E-state index in [1.807, 2.05) is 0 Å². The summed E-state index contributed by atoms with van der Waals surface area (Å²) in [5.74, 6) is 0.385. The predicted octanol–water partition coefficient (Wildman–Crippen LogP) is 7.78. The number of aromatic nitrogens is 4. The Labute approximate surface area is 195 Å². The Balaban J connectivity index is 1.96. The average Bonchev–Trinajstić information content (AvgIpc) is 3.41. The Morgan fingerprint density at radius 3 is 1.79 bits per heavy atom. The molecule has 0 radical (unpaired) electrons. The molecule has 168 valence electrons. The summed E-state index contributed by atoms with van der Waals surface area (Å²) in [6.07, 6.45) is 0. The van der Waals surface area contributed by atoms with E-state index in [2.05, 4.69) is 95.7 Å². The highest BCUT2D eigenvalue weighted by Crippen LogP contribution is 2.37. The van der Waals surface area contributed by atoms with Crippen molar-refractivity contribution >= 4 is 44.4 Å². The van der Waals surface area contributed by atoms with E-state index in [1.165, 1.54) is 39.0 Å². The lowest BCUT2D eigenvalue weighted by molar-refractivity contribution is 0.855. The quantitative estimate of drug-likeness (QED) is 0.409. The number of rotatable bonds is 1. The van der Waals surface area contributed by atoms with Gasteiger partial charge in [-0.3, -0.25) is 0 Å². The second-order valence-electron chi connectivity index (χ2n) is 9.81. The Kier molecular flexibility index (Phi) is 4.93. The fourth-order valence-corrected chi connectivity index (χ4v) is 4.96. The summed E-state index contributed by atoms with van der Waals surface area (Å²) in [4.78, 5) is 17.3. The molecule has 5 rings (SSSR count). The molecule has 0 unspecified atom stereocenters. The summed E-state index contributed by atoms with van der Waals surface area (Å²) in [5, 5.41) is 0. The molecular weight excluding hydrogens is 404 g/mol. The zero-order chi connectivity index (χ0) is 23.6. The Bertz CT molecular complexity index is 1540. The van der Waals surface area contributed by atoms with E-state index in [1.54, 1.807) is 0 Å². The molecule has 2 aliphatic rings. The maximum absolute atomic E-state index is 5.08. The number of hydrogen-bond donors (Lipinski definition) is 2. The van der Waals surface area contributed by atoms with Crippen molar-refractivity contribution in [1.82, 2.24) is 19.9 Å². The van der Waals surface area contributed by atoms with Crippen LogP contribution in [-0.4, -0.2) is 19.9 Å². The first-order chi connectivity index (χ1) is 15.6. The van der Waals surface area contributed by atoms with Gasteiger partial charge in [0.15, 0.2) is 0 Å². The van der Waals surface area contributed by atoms with Crippen LogP contribution in [0, 0.1) is 26.7 Å². The number of hydrogen-bond acceptors (Lipinski definition) is 2. The van der Waals surface area contributed by atoms with Crippen molar-refractivity contribution in [1.29, 1.82) is 0 Å². The van der Waals surface area contributed by atoms with Crippen LogP contribution in [-0.2, 0) is 0 Å². The van der Waals surface area contributed by atoms with Crippen molar-refractivity contribution in [3.63, 3.8) is 0 Å². The molecule has 3 aromatic heterocycles. The smallest absolute Gasteiger partial charge is 0.0695 e. The van der Waals surface area contributed by atoms with Crippen molar-refractivity contribution in [2.45, 2.75) is 55.4 Å². The van der Waals surface area contributed by atoms with Gasteiger partial charge in [-0.15, -0.1) is 0 Å². The van der Waals surface area contributed by atoms with E-state index in [9.17, 15) is 0 Å². The van der Waals surface area contributed by atoms with E-state index < -0.39 is 0 Å². The van der Waals surface area contributed by atoms with Crippen LogP contribution in [0.25, 0.3) is 44.4 Å². The number of fused-ring (bicyclic) bond motifs is 8. The summed E-state index contributed by atoms with van der Waals surface area (Å²) >= 11 is 0. The zero-order valence-corrected chi connectivity index (χ0v) is 20.9. The lowest BCUT2D eigenvalue weighted by Crippen LogP contribution is -1.92. The molecule has 4 nitrogen and oxygen atoms in total. The van der Waals surface area contributed by atoms with Crippen LogP contribution >= 0.6 is 0 Å². The molecule has 0 amide bonds. The van der Waals surface area contributed by atoms with Gasteiger partial charge in [0.2, 0.25) is 0 Å². The minimum atomic E-state index is 0.385. The minimum absolute atomic E-state index is 0.385. The Hall–Kier alpha value is -3.40. The fraction of sp³-hybridized carbons (Fsp3) is 0.310. The minimum Gasteiger partial charge on any atom is -0.355 e. The molecule has 2 N–H and O–H groups in total. The van der Waals surface area contributed by atoms with Crippen LogP contribution in [0.4, 0.5) is 0 Å². The summed E-state index contributed by atoms with van der Waals surface area (Å²) < 4.78 is 0. The molecule has 0 saturated heterocycles. The van der Waals surface area contributed by atoms with Gasteiger partial charge in [0, 0.05) is 22.1 Å². The van der Waals surface area contributed by atoms with Gasteiger partial charge in [-0.25, -0.2) is 9.97 Å². The number of nitrogens with zero attached hydrogens (tertiary/aromatic N) is 2. The lowest BCUT2D eigenvalue weighted by atomic mass is 9.95. The molecule has 4 heteroatoms. The second-order valence-corrected chi connectivity index (χ2v) is 9.81. The molecule has 33 heavy (non-hydrogen) atoms. The van der Waals surface area contributed by atoms with Gasteiger partial charge in [-0.2, -0.15) is 0 Å². The van der Waals surface area contributed by atoms with Gasteiger partial charge in [0.25, 0.3) is 0 Å². The van der Waals surface area contributed by atoms with Crippen molar-refractivity contribution in [3.8, 4) is 0 Å². The molecule has 0 aliphatic carbocycles. The highest BCUT2D eigenvalue weighted by atomic mass is 14.8. The third-order valence-corrected chi connectivity index (χ3v) is 7.31. The molecule has 8 bridgehead atoms. The third-order valence-electron chi connectivity index (χ3n) is 7.31. The molecule has 0 aromatic carbocycles. The third kappa shape index (κ3) is 3.45. The molecule has 0 fully saturated rings. The maximum atomic E-state index is 5.08. The standard InChI is InChI=1S/C29H32N4/c1-14(2)29-20(8)27-13-26-19(7)18(6)25(32-26)12-24-17(5)16(4)23(31-24)10-21-9-15(3)22(30-21)11-28(29)33-27/h9-14,30-31H,1-8H3. The van der Waals surface area contributed by atoms with Gasteiger partial charge in [-0.05, 0) is 117 Å². The molecule has 0 saturated carbocycles. The first-order valence-corrected chi connectivity index (χ1v) is 11.7. The SMILES string of the molecule is CC1=C(C)c2cc3[nH]c(cc4cc(C)c(cc5nc(cc1n2)C(C)=C5C(C)C)[nH]4)c(C)c3C. The highest BCUT2D eigenvalue weighted by Gasteiger charge is 2.21. The summed E-state index contributed by atoms with van der Waals surface area (Å²) in [6.45, 7) is 17.5. The van der Waals surface area contributed by atoms with E-state index in [4.69, 9.17) is 9.97 Å². The number of aromatic amines is 2. The van der Waals surface area contributed by atoms with Gasteiger partial charge >= 0.3 is 0 Å². The van der Waals surface area contributed by atoms with Crippen LogP contribution in [0.5, 0.6) is 0 Å². The monoisotopic (exact) mass is 436 g/mol. The van der Waals surface area contributed by atoms with Gasteiger partial charge in [0.05, 0.1) is 22.8 Å². The molecule has 0 spiro atoms. The van der Waals surface area contributed by atoms with Gasteiger partial charge in [-0.1, -0.05) is 13.8 Å². The zero-order valence-electron chi connectivity index (χ0n) is 20.9. The molecule has 0 atom stereocenters. The highest BCUT2D eigenvalue weighted by molar-refractivity contribution is 5.95. The maximum Gasteiger partial charge on any atom is 0.0695 e. The van der Waals surface area contributed by atoms with Gasteiger partial charge in [0.1, 0.15) is 0 Å². The first kappa shape index (κ1) is 21.4. The molecule has 2 aliphatic heterocycles. The fourth-order valence-electron chi connectivity index (χ4n) is 4.96. The van der Waals surface area contributed by atoms with E-state index in [0.29, 0.717) is 5.92 Å². The van der Waals surface area contributed by atoms with Crippen LogP contribution in [0.1, 0.15) is 74.1 Å². The average molecular weight is 437 g/mol. The largest absolute Gasteiger partial charge is 0.355 e. The van der Waals surface area contributed by atoms with Gasteiger partial charge < -0.3 is 9.97 Å². The topological polar surface area (TPSA) is 57.4 Å². The van der Waals surface area contributed by atoms with Crippen molar-refractivity contribution in [3.05, 3.63) is 69.8 Å². The van der Waals surface area contributed by atoms with Crippen LogP contribution < -0.4 is 0 Å². The van der Waals surface area contributed by atoms with Crippen LogP contribution in [0.3, 0.4) is 0 Å². The Morgan fingerprint density at radius 1 is 0.576 bits per heavy atom. The predicted molar refractivity (Wildman–Crippen MR) is 141 cm³/mol. The van der Waals surface area contributed by atoms with Crippen LogP contribution in [0.2, 0.25) is 0 Å². The van der Waals surface area contributed by atoms with E-state index in [-0.39, 0.29) is 0 Å². The number of allylic oxidation sites excluding steroid dienone is 4.